The Hall–Kier alpha value is -0.910. The molecule has 1 rings (SSSR count). The number of carbonyl (C=O) groups excluding carboxylic acids is 1. The topological polar surface area (TPSA) is 66.8 Å². The van der Waals surface area contributed by atoms with E-state index in [-0.39, 0.29) is 13.0 Å². The molecule has 0 heterocycles. The Morgan fingerprint density at radius 3 is 2.78 bits per heavy atom. The Labute approximate surface area is 115 Å². The van der Waals surface area contributed by atoms with Crippen molar-refractivity contribution in [3.8, 4) is 0 Å². The number of rotatable bonds is 6. The Balaban J connectivity index is 2.67. The fraction of sp³-hybridized carbons (Fsp3) is 0.462. The number of hydrogen-bond acceptors (Lipinski definition) is 4. The summed E-state index contributed by atoms with van der Waals surface area (Å²) >= 11 is 3.32. The highest BCUT2D eigenvalue weighted by atomic mass is 79.9. The van der Waals surface area contributed by atoms with E-state index in [1.54, 1.807) is 25.1 Å². The first kappa shape index (κ1) is 15.1. The Bertz CT molecular complexity index is 394. The van der Waals surface area contributed by atoms with Gasteiger partial charge in [-0.1, -0.05) is 40.2 Å². The molecule has 1 aromatic carbocycles. The highest BCUT2D eigenvalue weighted by Gasteiger charge is 2.22. The molecule has 0 saturated carbocycles. The number of carbonyl (C=O) groups is 1. The lowest BCUT2D eigenvalue weighted by Gasteiger charge is -2.17. The Kier molecular flexibility index (Phi) is 6.32. The highest BCUT2D eigenvalue weighted by molar-refractivity contribution is 9.08. The average Bonchev–Trinajstić information content (AvgIpc) is 2.38. The van der Waals surface area contributed by atoms with Crippen LogP contribution in [0.15, 0.2) is 24.3 Å². The van der Waals surface area contributed by atoms with Gasteiger partial charge in [-0.15, -0.1) is 0 Å². The first-order chi connectivity index (χ1) is 8.58. The van der Waals surface area contributed by atoms with Crippen LogP contribution in [0.5, 0.6) is 0 Å². The number of esters is 1. The summed E-state index contributed by atoms with van der Waals surface area (Å²) in [4.78, 5) is 11.2. The summed E-state index contributed by atoms with van der Waals surface area (Å²) in [6, 6.07) is 7.20. The van der Waals surface area contributed by atoms with Gasteiger partial charge in [-0.3, -0.25) is 4.79 Å². The number of alkyl halides is 1. The van der Waals surface area contributed by atoms with E-state index in [4.69, 9.17) is 4.74 Å². The van der Waals surface area contributed by atoms with E-state index in [2.05, 4.69) is 15.9 Å². The van der Waals surface area contributed by atoms with Gasteiger partial charge in [-0.2, -0.15) is 0 Å². The summed E-state index contributed by atoms with van der Waals surface area (Å²) in [5.74, 6) is -0.513. The monoisotopic (exact) mass is 316 g/mol. The minimum absolute atomic E-state index is 0.215. The normalized spacial score (nSPS) is 14.0. The predicted octanol–water partition coefficient (Wildman–Crippen LogP) is 1.93. The van der Waals surface area contributed by atoms with Crippen molar-refractivity contribution in [2.75, 3.05) is 6.61 Å². The second-order valence-electron chi connectivity index (χ2n) is 3.90. The van der Waals surface area contributed by atoms with E-state index >= 15 is 0 Å². The Morgan fingerprint density at radius 2 is 2.17 bits per heavy atom. The SMILES string of the molecule is CCOC(=O)CC(O)C(O)c1cccc(CBr)c1. The van der Waals surface area contributed by atoms with Crippen molar-refractivity contribution >= 4 is 21.9 Å². The second kappa shape index (κ2) is 7.51. The zero-order chi connectivity index (χ0) is 13.5. The third-order valence-electron chi connectivity index (χ3n) is 2.49. The van der Waals surface area contributed by atoms with E-state index in [9.17, 15) is 15.0 Å². The zero-order valence-corrected chi connectivity index (χ0v) is 11.8. The fourth-order valence-electron chi connectivity index (χ4n) is 1.58. The van der Waals surface area contributed by atoms with Crippen molar-refractivity contribution in [2.24, 2.45) is 0 Å². The van der Waals surface area contributed by atoms with E-state index < -0.39 is 18.2 Å². The van der Waals surface area contributed by atoms with Gasteiger partial charge in [0.2, 0.25) is 0 Å². The van der Waals surface area contributed by atoms with Crippen LogP contribution in [0.2, 0.25) is 0 Å². The van der Waals surface area contributed by atoms with Gasteiger partial charge in [-0.25, -0.2) is 0 Å². The van der Waals surface area contributed by atoms with Crippen molar-refractivity contribution in [1.29, 1.82) is 0 Å². The minimum atomic E-state index is -1.16. The summed E-state index contributed by atoms with van der Waals surface area (Å²) in [5, 5.41) is 20.4. The van der Waals surface area contributed by atoms with Crippen LogP contribution in [0.25, 0.3) is 0 Å². The van der Waals surface area contributed by atoms with Crippen LogP contribution in [0.3, 0.4) is 0 Å². The number of aliphatic hydroxyl groups excluding tert-OH is 2. The molecule has 2 N–H and O–H groups in total. The predicted molar refractivity (Wildman–Crippen MR) is 71.3 cm³/mol. The molecular weight excluding hydrogens is 300 g/mol. The van der Waals surface area contributed by atoms with Crippen LogP contribution in [-0.4, -0.2) is 28.9 Å². The summed E-state index contributed by atoms with van der Waals surface area (Å²) in [6.07, 6.45) is -2.46. The quantitative estimate of drug-likeness (QED) is 0.621. The van der Waals surface area contributed by atoms with Crippen molar-refractivity contribution < 1.29 is 19.7 Å². The molecular formula is C13H17BrO4. The smallest absolute Gasteiger partial charge is 0.308 e. The summed E-state index contributed by atoms with van der Waals surface area (Å²) in [7, 11) is 0. The van der Waals surface area contributed by atoms with E-state index in [0.29, 0.717) is 10.9 Å². The molecule has 2 unspecified atom stereocenters. The van der Waals surface area contributed by atoms with Gasteiger partial charge in [0.1, 0.15) is 6.10 Å². The van der Waals surface area contributed by atoms with Crippen LogP contribution < -0.4 is 0 Å². The van der Waals surface area contributed by atoms with Crippen molar-refractivity contribution in [1.82, 2.24) is 0 Å². The van der Waals surface area contributed by atoms with Gasteiger partial charge in [0.25, 0.3) is 0 Å². The van der Waals surface area contributed by atoms with Gasteiger partial charge in [0, 0.05) is 5.33 Å². The molecule has 1 aromatic rings. The molecule has 0 spiro atoms. The molecule has 0 aromatic heterocycles. The van der Waals surface area contributed by atoms with E-state index in [0.717, 1.165) is 5.56 Å². The van der Waals surface area contributed by atoms with Gasteiger partial charge < -0.3 is 14.9 Å². The largest absolute Gasteiger partial charge is 0.466 e. The summed E-state index contributed by atoms with van der Waals surface area (Å²) in [5.41, 5.74) is 1.58. The number of benzene rings is 1. The molecule has 0 aliphatic rings. The lowest BCUT2D eigenvalue weighted by Crippen LogP contribution is -2.23. The molecule has 18 heavy (non-hydrogen) atoms. The molecule has 5 heteroatoms. The first-order valence-corrected chi connectivity index (χ1v) is 6.87. The third-order valence-corrected chi connectivity index (χ3v) is 3.14. The molecule has 100 valence electrons. The fourth-order valence-corrected chi connectivity index (χ4v) is 1.93. The molecule has 0 saturated heterocycles. The number of aliphatic hydroxyl groups is 2. The first-order valence-electron chi connectivity index (χ1n) is 5.75. The highest BCUT2D eigenvalue weighted by Crippen LogP contribution is 2.21. The van der Waals surface area contributed by atoms with Crippen LogP contribution >= 0.6 is 15.9 Å². The van der Waals surface area contributed by atoms with Crippen molar-refractivity contribution in [3.63, 3.8) is 0 Å². The summed E-state index contributed by atoms with van der Waals surface area (Å²) < 4.78 is 4.73. The number of halogens is 1. The van der Waals surface area contributed by atoms with Crippen LogP contribution in [0.1, 0.15) is 30.6 Å². The number of ether oxygens (including phenoxy) is 1. The van der Waals surface area contributed by atoms with Crippen LogP contribution in [0, 0.1) is 0 Å². The van der Waals surface area contributed by atoms with Gasteiger partial charge in [0.15, 0.2) is 0 Å². The molecule has 2 atom stereocenters. The lowest BCUT2D eigenvalue weighted by atomic mass is 10.0. The molecule has 0 aliphatic carbocycles. The van der Waals surface area contributed by atoms with Crippen molar-refractivity contribution in [2.45, 2.75) is 30.9 Å². The standard InChI is InChI=1S/C13H17BrO4/c1-2-18-12(16)7-11(15)13(17)10-5-3-4-9(6-10)8-14/h3-6,11,13,15,17H,2,7-8H2,1H3. The molecule has 0 amide bonds. The Morgan fingerprint density at radius 1 is 1.44 bits per heavy atom. The van der Waals surface area contributed by atoms with Crippen molar-refractivity contribution in [3.05, 3.63) is 35.4 Å². The van der Waals surface area contributed by atoms with Gasteiger partial charge in [0.05, 0.1) is 19.1 Å². The van der Waals surface area contributed by atoms with Gasteiger partial charge >= 0.3 is 5.97 Å². The molecule has 0 fully saturated rings. The summed E-state index contributed by atoms with van der Waals surface area (Å²) in [6.45, 7) is 1.96. The zero-order valence-electron chi connectivity index (χ0n) is 10.2. The number of hydrogen-bond donors (Lipinski definition) is 2. The van der Waals surface area contributed by atoms with E-state index in [1.165, 1.54) is 0 Å². The molecule has 4 nitrogen and oxygen atoms in total. The molecule has 0 aliphatic heterocycles. The average molecular weight is 317 g/mol. The van der Waals surface area contributed by atoms with E-state index in [1.807, 2.05) is 6.07 Å². The molecule has 0 radical (unpaired) electrons. The lowest BCUT2D eigenvalue weighted by molar-refractivity contribution is -0.147. The van der Waals surface area contributed by atoms with Gasteiger partial charge in [-0.05, 0) is 18.1 Å². The maximum Gasteiger partial charge on any atom is 0.308 e. The maximum absolute atomic E-state index is 11.2. The third kappa shape index (κ3) is 4.40. The van der Waals surface area contributed by atoms with Crippen LogP contribution in [-0.2, 0) is 14.9 Å². The minimum Gasteiger partial charge on any atom is -0.466 e. The second-order valence-corrected chi connectivity index (χ2v) is 4.46. The molecule has 0 bridgehead atoms. The van der Waals surface area contributed by atoms with Crippen LogP contribution in [0.4, 0.5) is 0 Å². The maximum atomic E-state index is 11.2.